The highest BCUT2D eigenvalue weighted by Gasteiger charge is 2.25. The SMILES string of the molecule is O=C(c1cccc(Cl)c1)N1CCc2cc(-c3ccncc3)ccc21. The molecule has 3 nitrogen and oxygen atoms in total. The number of benzene rings is 2. The Hall–Kier alpha value is -2.65. The van der Waals surface area contributed by atoms with E-state index in [9.17, 15) is 4.79 Å². The second kappa shape index (κ2) is 6.10. The summed E-state index contributed by atoms with van der Waals surface area (Å²) in [6.07, 6.45) is 4.44. The van der Waals surface area contributed by atoms with Crippen LogP contribution in [0.5, 0.6) is 0 Å². The number of carbonyl (C=O) groups is 1. The van der Waals surface area contributed by atoms with Crippen LogP contribution in [0.1, 0.15) is 15.9 Å². The number of anilines is 1. The number of aromatic nitrogens is 1. The lowest BCUT2D eigenvalue weighted by molar-refractivity contribution is 0.0989. The molecule has 1 amide bonds. The van der Waals surface area contributed by atoms with Crippen LogP contribution in [0.4, 0.5) is 5.69 Å². The molecular weight excluding hydrogens is 320 g/mol. The van der Waals surface area contributed by atoms with Crippen LogP contribution >= 0.6 is 11.6 Å². The van der Waals surface area contributed by atoms with Crippen LogP contribution in [0.15, 0.2) is 67.0 Å². The maximum absolute atomic E-state index is 12.8. The van der Waals surface area contributed by atoms with Gasteiger partial charge in [0.1, 0.15) is 0 Å². The molecule has 0 saturated heterocycles. The Morgan fingerprint density at radius 2 is 1.83 bits per heavy atom. The van der Waals surface area contributed by atoms with E-state index >= 15 is 0 Å². The molecule has 118 valence electrons. The summed E-state index contributed by atoms with van der Waals surface area (Å²) in [5.74, 6) is -0.00656. The van der Waals surface area contributed by atoms with Crippen LogP contribution in [0.25, 0.3) is 11.1 Å². The van der Waals surface area contributed by atoms with Crippen LogP contribution in [-0.4, -0.2) is 17.4 Å². The van der Waals surface area contributed by atoms with Crippen LogP contribution < -0.4 is 4.90 Å². The lowest BCUT2D eigenvalue weighted by Crippen LogP contribution is -2.28. The van der Waals surface area contributed by atoms with Gasteiger partial charge in [0.25, 0.3) is 5.91 Å². The van der Waals surface area contributed by atoms with Crippen molar-refractivity contribution >= 4 is 23.2 Å². The third-order valence-corrected chi connectivity index (χ3v) is 4.54. The summed E-state index contributed by atoms with van der Waals surface area (Å²) >= 11 is 6.01. The molecule has 0 radical (unpaired) electrons. The third kappa shape index (κ3) is 2.68. The Morgan fingerprint density at radius 1 is 1.00 bits per heavy atom. The Kier molecular flexibility index (Phi) is 3.79. The van der Waals surface area contributed by atoms with Crippen molar-refractivity contribution in [3.05, 3.63) is 83.1 Å². The van der Waals surface area contributed by atoms with E-state index in [1.165, 1.54) is 5.56 Å². The fraction of sp³-hybridized carbons (Fsp3) is 0.100. The monoisotopic (exact) mass is 334 g/mol. The Labute approximate surface area is 145 Å². The Morgan fingerprint density at radius 3 is 2.62 bits per heavy atom. The number of carbonyl (C=O) groups excluding carboxylic acids is 1. The molecule has 0 atom stereocenters. The van der Waals surface area contributed by atoms with Crippen molar-refractivity contribution in [3.8, 4) is 11.1 Å². The average Bonchev–Trinajstić information content (AvgIpc) is 3.05. The molecule has 0 fully saturated rings. The van der Waals surface area contributed by atoms with Crippen molar-refractivity contribution in [2.24, 2.45) is 0 Å². The van der Waals surface area contributed by atoms with Crippen LogP contribution in [0, 0.1) is 0 Å². The van der Waals surface area contributed by atoms with Crippen LogP contribution in [0.2, 0.25) is 5.02 Å². The van der Waals surface area contributed by atoms with E-state index in [4.69, 9.17) is 11.6 Å². The molecule has 3 aromatic rings. The number of fused-ring (bicyclic) bond motifs is 1. The second-order valence-electron chi connectivity index (χ2n) is 5.80. The lowest BCUT2D eigenvalue weighted by atomic mass is 10.0. The first-order chi connectivity index (χ1) is 11.7. The van der Waals surface area contributed by atoms with E-state index in [1.54, 1.807) is 36.7 Å². The van der Waals surface area contributed by atoms with Gasteiger partial charge < -0.3 is 4.90 Å². The van der Waals surface area contributed by atoms with Crippen molar-refractivity contribution in [1.29, 1.82) is 0 Å². The maximum atomic E-state index is 12.8. The van der Waals surface area contributed by atoms with E-state index in [2.05, 4.69) is 17.1 Å². The number of amides is 1. The minimum Gasteiger partial charge on any atom is -0.308 e. The van der Waals surface area contributed by atoms with Gasteiger partial charge in [-0.2, -0.15) is 0 Å². The van der Waals surface area contributed by atoms with Crippen LogP contribution in [-0.2, 0) is 6.42 Å². The van der Waals surface area contributed by atoms with Crippen molar-refractivity contribution < 1.29 is 4.79 Å². The van der Waals surface area contributed by atoms with E-state index in [0.717, 1.165) is 23.2 Å². The number of rotatable bonds is 2. The van der Waals surface area contributed by atoms with Crippen molar-refractivity contribution in [2.45, 2.75) is 6.42 Å². The molecule has 0 bridgehead atoms. The van der Waals surface area contributed by atoms with Crippen molar-refractivity contribution in [2.75, 3.05) is 11.4 Å². The Balaban J connectivity index is 1.66. The molecule has 0 N–H and O–H groups in total. The molecule has 0 saturated carbocycles. The first-order valence-corrected chi connectivity index (χ1v) is 8.21. The largest absolute Gasteiger partial charge is 0.308 e. The molecule has 24 heavy (non-hydrogen) atoms. The molecule has 0 unspecified atom stereocenters. The van der Waals surface area contributed by atoms with Gasteiger partial charge in [-0.05, 0) is 65.6 Å². The van der Waals surface area contributed by atoms with Crippen molar-refractivity contribution in [1.82, 2.24) is 4.98 Å². The number of hydrogen-bond donors (Lipinski definition) is 0. The lowest BCUT2D eigenvalue weighted by Gasteiger charge is -2.18. The van der Waals surface area contributed by atoms with Gasteiger partial charge in [-0.25, -0.2) is 0 Å². The molecule has 2 aromatic carbocycles. The third-order valence-electron chi connectivity index (χ3n) is 4.31. The molecular formula is C20H15ClN2O. The summed E-state index contributed by atoms with van der Waals surface area (Å²) in [6, 6.07) is 17.3. The van der Waals surface area contributed by atoms with Gasteiger partial charge in [-0.3, -0.25) is 9.78 Å². The number of pyridine rings is 1. The number of nitrogens with zero attached hydrogens (tertiary/aromatic N) is 2. The van der Waals surface area contributed by atoms with Gasteiger partial charge in [0.2, 0.25) is 0 Å². The zero-order chi connectivity index (χ0) is 16.5. The molecule has 4 heteroatoms. The molecule has 4 rings (SSSR count). The van der Waals surface area contributed by atoms with E-state index in [0.29, 0.717) is 17.1 Å². The molecule has 0 spiro atoms. The molecule has 1 aliphatic rings. The standard InChI is InChI=1S/C20H15ClN2O/c21-18-3-1-2-17(13-18)20(24)23-11-8-16-12-15(4-5-19(16)23)14-6-9-22-10-7-14/h1-7,9-10,12-13H,8,11H2. The minimum atomic E-state index is -0.00656. The molecule has 0 aliphatic carbocycles. The highest BCUT2D eigenvalue weighted by Crippen LogP contribution is 2.33. The fourth-order valence-corrected chi connectivity index (χ4v) is 3.30. The highest BCUT2D eigenvalue weighted by atomic mass is 35.5. The van der Waals surface area contributed by atoms with Gasteiger partial charge >= 0.3 is 0 Å². The number of hydrogen-bond acceptors (Lipinski definition) is 2. The zero-order valence-corrected chi connectivity index (χ0v) is 13.7. The van der Waals surface area contributed by atoms with Gasteiger partial charge in [-0.15, -0.1) is 0 Å². The van der Waals surface area contributed by atoms with E-state index in [1.807, 2.05) is 23.1 Å². The fourth-order valence-electron chi connectivity index (χ4n) is 3.11. The average molecular weight is 335 g/mol. The van der Waals surface area contributed by atoms with Crippen LogP contribution in [0.3, 0.4) is 0 Å². The smallest absolute Gasteiger partial charge is 0.258 e. The summed E-state index contributed by atoms with van der Waals surface area (Å²) in [5.41, 5.74) is 5.08. The predicted molar refractivity (Wildman–Crippen MR) is 96.5 cm³/mol. The zero-order valence-electron chi connectivity index (χ0n) is 12.9. The summed E-state index contributed by atoms with van der Waals surface area (Å²) in [4.78, 5) is 18.7. The molecule has 1 aliphatic heterocycles. The Bertz CT molecular complexity index is 909. The quantitative estimate of drug-likeness (QED) is 0.686. The van der Waals surface area contributed by atoms with Gasteiger partial charge in [-0.1, -0.05) is 23.7 Å². The normalized spacial score (nSPS) is 13.0. The minimum absolute atomic E-state index is 0.00656. The summed E-state index contributed by atoms with van der Waals surface area (Å²) < 4.78 is 0. The summed E-state index contributed by atoms with van der Waals surface area (Å²) in [5, 5.41) is 0.577. The van der Waals surface area contributed by atoms with E-state index < -0.39 is 0 Å². The van der Waals surface area contributed by atoms with Gasteiger partial charge in [0, 0.05) is 35.2 Å². The topological polar surface area (TPSA) is 33.2 Å². The highest BCUT2D eigenvalue weighted by molar-refractivity contribution is 6.31. The van der Waals surface area contributed by atoms with Gasteiger partial charge in [0.15, 0.2) is 0 Å². The second-order valence-corrected chi connectivity index (χ2v) is 6.23. The molecule has 2 heterocycles. The molecule has 1 aromatic heterocycles. The van der Waals surface area contributed by atoms with Gasteiger partial charge in [0.05, 0.1) is 0 Å². The summed E-state index contributed by atoms with van der Waals surface area (Å²) in [7, 11) is 0. The van der Waals surface area contributed by atoms with Crippen molar-refractivity contribution in [3.63, 3.8) is 0 Å². The maximum Gasteiger partial charge on any atom is 0.258 e. The van der Waals surface area contributed by atoms with E-state index in [-0.39, 0.29) is 5.91 Å². The first kappa shape index (κ1) is 14.9. The first-order valence-electron chi connectivity index (χ1n) is 7.83. The summed E-state index contributed by atoms with van der Waals surface area (Å²) in [6.45, 7) is 0.695. The predicted octanol–water partition coefficient (Wildman–Crippen LogP) is 4.60. The number of halogens is 1.